The fourth-order valence-corrected chi connectivity index (χ4v) is 5.19. The van der Waals surface area contributed by atoms with E-state index >= 15 is 0 Å². The monoisotopic (exact) mass is 467 g/mol. The summed E-state index contributed by atoms with van der Waals surface area (Å²) in [6.07, 6.45) is 4.71. The smallest absolute Gasteiger partial charge is 0.254 e. The first-order valence-electron chi connectivity index (χ1n) is 12.3. The summed E-state index contributed by atoms with van der Waals surface area (Å²) in [7, 11) is 4.24. The molecule has 7 heteroatoms. The number of fused-ring (bicyclic) bond motifs is 2. The van der Waals surface area contributed by atoms with Gasteiger partial charge in [-0.2, -0.15) is 0 Å². The van der Waals surface area contributed by atoms with Crippen LogP contribution in [0.15, 0.2) is 23.0 Å². The minimum Gasteiger partial charge on any atom is -0.449 e. The van der Waals surface area contributed by atoms with Crippen molar-refractivity contribution in [3.63, 3.8) is 0 Å². The molecule has 1 amide bonds. The van der Waals surface area contributed by atoms with E-state index in [9.17, 15) is 9.59 Å². The lowest BCUT2D eigenvalue weighted by Gasteiger charge is -2.29. The van der Waals surface area contributed by atoms with Gasteiger partial charge in [-0.25, -0.2) is 0 Å². The topological polar surface area (TPSA) is 74.9 Å². The number of aromatic nitrogens is 1. The SMILES string of the molecule is CCC(CCCC1(C)Oc2cc3c(cc2O1)C(=O)N(Cc1c(C)cc(C)[nH]c1=O)CC3)N(C)C. The van der Waals surface area contributed by atoms with E-state index in [1.165, 1.54) is 0 Å². The minimum atomic E-state index is -0.716. The molecule has 0 aliphatic carbocycles. The molecule has 2 atom stereocenters. The Kier molecular flexibility index (Phi) is 6.76. The van der Waals surface area contributed by atoms with Crippen molar-refractivity contribution in [3.8, 4) is 11.5 Å². The summed E-state index contributed by atoms with van der Waals surface area (Å²) in [4.78, 5) is 32.7. The number of carbonyl (C=O) groups is 1. The molecule has 184 valence electrons. The number of nitrogens with one attached hydrogen (secondary N) is 1. The van der Waals surface area contributed by atoms with Crippen LogP contribution in [-0.4, -0.2) is 53.2 Å². The molecule has 2 aliphatic heterocycles. The maximum absolute atomic E-state index is 13.3. The van der Waals surface area contributed by atoms with Gasteiger partial charge < -0.3 is 24.3 Å². The molecule has 1 aromatic heterocycles. The van der Waals surface area contributed by atoms with Gasteiger partial charge in [-0.15, -0.1) is 0 Å². The zero-order valence-corrected chi connectivity index (χ0v) is 21.3. The van der Waals surface area contributed by atoms with E-state index < -0.39 is 5.79 Å². The van der Waals surface area contributed by atoms with Crippen LogP contribution in [0.3, 0.4) is 0 Å². The van der Waals surface area contributed by atoms with Gasteiger partial charge in [0.15, 0.2) is 11.5 Å². The van der Waals surface area contributed by atoms with Crippen molar-refractivity contribution in [1.82, 2.24) is 14.8 Å². The Morgan fingerprint density at radius 1 is 1.15 bits per heavy atom. The van der Waals surface area contributed by atoms with Crippen molar-refractivity contribution in [3.05, 3.63) is 56.5 Å². The lowest BCUT2D eigenvalue weighted by Crippen LogP contribution is -2.38. The first-order valence-corrected chi connectivity index (χ1v) is 12.3. The molecule has 0 radical (unpaired) electrons. The maximum atomic E-state index is 13.3. The van der Waals surface area contributed by atoms with Crippen LogP contribution in [0.5, 0.6) is 11.5 Å². The molecule has 1 N–H and O–H groups in total. The molecule has 0 spiro atoms. The molecular weight excluding hydrogens is 430 g/mol. The first kappa shape index (κ1) is 24.3. The fraction of sp³-hybridized carbons (Fsp3) is 0.556. The normalized spacial score (nSPS) is 20.1. The standard InChI is InChI=1S/C27H37N3O4/c1-7-20(29(5)6)9-8-11-27(4)33-23-14-19-10-12-30(26(32)21(19)15-24(23)34-27)16-22-17(2)13-18(3)28-25(22)31/h13-15,20H,7-12,16H2,1-6H3,(H,28,31). The van der Waals surface area contributed by atoms with Crippen LogP contribution in [0.25, 0.3) is 0 Å². The van der Waals surface area contributed by atoms with Gasteiger partial charge in [-0.1, -0.05) is 6.92 Å². The largest absolute Gasteiger partial charge is 0.449 e. The molecule has 3 heterocycles. The number of aryl methyl sites for hydroxylation is 2. The zero-order valence-electron chi connectivity index (χ0n) is 21.3. The molecule has 0 saturated heterocycles. The van der Waals surface area contributed by atoms with Crippen molar-refractivity contribution >= 4 is 5.91 Å². The van der Waals surface area contributed by atoms with E-state index in [1.54, 1.807) is 4.90 Å². The third kappa shape index (κ3) is 4.85. The van der Waals surface area contributed by atoms with E-state index in [0.29, 0.717) is 41.8 Å². The van der Waals surface area contributed by atoms with Gasteiger partial charge in [0.1, 0.15) is 0 Å². The molecule has 0 fully saturated rings. The van der Waals surface area contributed by atoms with Crippen molar-refractivity contribution in [2.45, 2.75) is 78.2 Å². The zero-order chi connectivity index (χ0) is 24.6. The Morgan fingerprint density at radius 3 is 2.50 bits per heavy atom. The summed E-state index contributed by atoms with van der Waals surface area (Å²) in [5.74, 6) is 0.553. The van der Waals surface area contributed by atoms with Gasteiger partial charge >= 0.3 is 0 Å². The van der Waals surface area contributed by atoms with Crippen molar-refractivity contribution in [2.75, 3.05) is 20.6 Å². The van der Waals surface area contributed by atoms with Crippen molar-refractivity contribution in [2.24, 2.45) is 0 Å². The molecule has 1 aromatic carbocycles. The molecule has 2 aromatic rings. The fourth-order valence-electron chi connectivity index (χ4n) is 5.19. The van der Waals surface area contributed by atoms with E-state index in [2.05, 4.69) is 30.9 Å². The second-order valence-electron chi connectivity index (χ2n) is 10.1. The van der Waals surface area contributed by atoms with Gasteiger partial charge in [0, 0.05) is 42.8 Å². The molecule has 2 aliphatic rings. The van der Waals surface area contributed by atoms with Crippen LogP contribution in [-0.2, 0) is 13.0 Å². The molecule has 2 unspecified atom stereocenters. The lowest BCUT2D eigenvalue weighted by atomic mass is 9.97. The number of hydrogen-bond acceptors (Lipinski definition) is 5. The number of ether oxygens (including phenoxy) is 2. The Balaban J connectivity index is 1.47. The number of benzene rings is 1. The van der Waals surface area contributed by atoms with Gasteiger partial charge in [0.05, 0.1) is 6.54 Å². The predicted molar refractivity (Wildman–Crippen MR) is 133 cm³/mol. The number of rotatable bonds is 8. The summed E-state index contributed by atoms with van der Waals surface area (Å²) in [5, 5.41) is 0. The highest BCUT2D eigenvalue weighted by molar-refractivity contribution is 5.97. The second-order valence-corrected chi connectivity index (χ2v) is 10.1. The number of amides is 1. The molecule has 0 bridgehead atoms. The third-order valence-electron chi connectivity index (χ3n) is 7.20. The Hall–Kier alpha value is -2.80. The minimum absolute atomic E-state index is 0.0719. The summed E-state index contributed by atoms with van der Waals surface area (Å²) < 4.78 is 12.5. The quantitative estimate of drug-likeness (QED) is 0.630. The summed E-state index contributed by atoms with van der Waals surface area (Å²) >= 11 is 0. The maximum Gasteiger partial charge on any atom is 0.254 e. The average Bonchev–Trinajstić information content (AvgIpc) is 3.09. The van der Waals surface area contributed by atoms with Gasteiger partial charge in [-0.05, 0) is 83.0 Å². The molecule has 34 heavy (non-hydrogen) atoms. The molecule has 0 saturated carbocycles. The highest BCUT2D eigenvalue weighted by atomic mass is 16.7. The second kappa shape index (κ2) is 9.45. The van der Waals surface area contributed by atoms with Crippen molar-refractivity contribution in [1.29, 1.82) is 0 Å². The molecular formula is C27H37N3O4. The Morgan fingerprint density at radius 2 is 1.85 bits per heavy atom. The van der Waals surface area contributed by atoms with Crippen LogP contribution >= 0.6 is 0 Å². The lowest BCUT2D eigenvalue weighted by molar-refractivity contribution is -0.0704. The van der Waals surface area contributed by atoms with Gasteiger partial charge in [0.2, 0.25) is 5.79 Å². The van der Waals surface area contributed by atoms with E-state index in [-0.39, 0.29) is 11.5 Å². The van der Waals surface area contributed by atoms with Crippen LogP contribution < -0.4 is 15.0 Å². The number of nitrogens with zero attached hydrogens (tertiary/aromatic N) is 2. The van der Waals surface area contributed by atoms with Crippen LogP contribution in [0.1, 0.15) is 72.3 Å². The Labute approximate surface area is 202 Å². The third-order valence-corrected chi connectivity index (χ3v) is 7.20. The number of hydrogen-bond donors (Lipinski definition) is 1. The Bertz CT molecular complexity index is 1140. The first-order chi connectivity index (χ1) is 16.1. The molecule has 4 rings (SSSR count). The van der Waals surface area contributed by atoms with Crippen LogP contribution in [0.4, 0.5) is 0 Å². The number of carbonyl (C=O) groups excluding carboxylic acids is 1. The summed E-state index contributed by atoms with van der Waals surface area (Å²) in [5.41, 5.74) is 3.85. The van der Waals surface area contributed by atoms with Gasteiger partial charge in [0.25, 0.3) is 11.5 Å². The van der Waals surface area contributed by atoms with E-state index in [0.717, 1.165) is 48.9 Å². The van der Waals surface area contributed by atoms with Gasteiger partial charge in [-0.3, -0.25) is 9.59 Å². The van der Waals surface area contributed by atoms with E-state index in [1.807, 2.05) is 39.0 Å². The molecule has 7 nitrogen and oxygen atoms in total. The average molecular weight is 468 g/mol. The van der Waals surface area contributed by atoms with E-state index in [4.69, 9.17) is 9.47 Å². The highest BCUT2D eigenvalue weighted by Gasteiger charge is 2.38. The summed E-state index contributed by atoms with van der Waals surface area (Å²) in [6.45, 7) is 8.84. The van der Waals surface area contributed by atoms with Crippen molar-refractivity contribution < 1.29 is 14.3 Å². The highest BCUT2D eigenvalue weighted by Crippen LogP contribution is 2.44. The van der Waals surface area contributed by atoms with Crippen LogP contribution in [0, 0.1) is 13.8 Å². The predicted octanol–water partition coefficient (Wildman–Crippen LogP) is 4.19. The van der Waals surface area contributed by atoms with Crippen LogP contribution in [0.2, 0.25) is 0 Å². The number of aromatic amines is 1. The number of pyridine rings is 1. The summed E-state index contributed by atoms with van der Waals surface area (Å²) in [6, 6.07) is 6.28. The number of H-pyrrole nitrogens is 1.